The highest BCUT2D eigenvalue weighted by Gasteiger charge is 2.19. The van der Waals surface area contributed by atoms with Crippen LogP contribution in [0.5, 0.6) is 0 Å². The molecule has 0 aliphatic heterocycles. The van der Waals surface area contributed by atoms with Gasteiger partial charge >= 0.3 is 0 Å². The van der Waals surface area contributed by atoms with E-state index in [0.717, 1.165) is 28.1 Å². The molecule has 2 nitrogen and oxygen atoms in total. The van der Waals surface area contributed by atoms with E-state index in [1.807, 2.05) is 0 Å². The van der Waals surface area contributed by atoms with Crippen molar-refractivity contribution in [3.8, 4) is 50.5 Å². The van der Waals surface area contributed by atoms with E-state index in [9.17, 15) is 0 Å². The molecule has 0 amide bonds. The van der Waals surface area contributed by atoms with Crippen LogP contribution in [0.4, 0.5) is 0 Å². The highest BCUT2D eigenvalue weighted by molar-refractivity contribution is 6.22. The highest BCUT2D eigenvalue weighted by Crippen LogP contribution is 2.45. The summed E-state index contributed by atoms with van der Waals surface area (Å²) >= 11 is 0. The fourth-order valence-corrected chi connectivity index (χ4v) is 7.06. The predicted octanol–water partition coefficient (Wildman–Crippen LogP) is 12.0. The van der Waals surface area contributed by atoms with Gasteiger partial charge in [-0.15, -0.1) is 0 Å². The lowest BCUT2D eigenvalue weighted by Crippen LogP contribution is -1.97. The Bertz CT molecular complexity index is 2530. The second-order valence-electron chi connectivity index (χ2n) is 12.0. The maximum atomic E-state index is 5.11. The summed E-state index contributed by atoms with van der Waals surface area (Å²) in [5.74, 6) is 0.936. The zero-order chi connectivity index (χ0) is 31.2. The summed E-state index contributed by atoms with van der Waals surface area (Å²) < 4.78 is 2.26. The van der Waals surface area contributed by atoms with Gasteiger partial charge in [-0.2, -0.15) is 0 Å². The SMILES string of the molecule is c1ccc(-c2ccc3c(-c4ccc(-c5nc6ccccc6n5-c5ccccc5)cc4)c4ccccc4c(-c4ccccc4)c3c2)cc1. The van der Waals surface area contributed by atoms with E-state index in [4.69, 9.17) is 4.98 Å². The lowest BCUT2D eigenvalue weighted by atomic mass is 9.84. The quantitative estimate of drug-likeness (QED) is 0.180. The standard InChI is InChI=1S/C45H30N2/c1-4-14-31(15-5-1)35-28-29-39-40(30-35)44(32-16-6-2-7-17-32)38-21-11-10-20-37(38)43(39)33-24-26-34(27-25-33)45-46-41-22-12-13-23-42(41)47(45)36-18-8-3-9-19-36/h1-30H. The van der Waals surface area contributed by atoms with Gasteiger partial charge in [-0.25, -0.2) is 4.98 Å². The average Bonchev–Trinajstić information content (AvgIpc) is 3.54. The third kappa shape index (κ3) is 4.62. The van der Waals surface area contributed by atoms with Crippen molar-refractivity contribution in [1.29, 1.82) is 0 Å². The van der Waals surface area contributed by atoms with Crippen molar-refractivity contribution in [1.82, 2.24) is 9.55 Å². The Balaban J connectivity index is 1.28. The zero-order valence-electron chi connectivity index (χ0n) is 25.7. The first kappa shape index (κ1) is 27.1. The van der Waals surface area contributed by atoms with Crippen LogP contribution in [0.15, 0.2) is 182 Å². The molecule has 0 bridgehead atoms. The van der Waals surface area contributed by atoms with Crippen molar-refractivity contribution >= 4 is 32.6 Å². The number of fused-ring (bicyclic) bond motifs is 3. The van der Waals surface area contributed by atoms with Gasteiger partial charge in [0.15, 0.2) is 0 Å². The van der Waals surface area contributed by atoms with Gasteiger partial charge in [0.05, 0.1) is 11.0 Å². The van der Waals surface area contributed by atoms with Crippen LogP contribution in [0.2, 0.25) is 0 Å². The zero-order valence-corrected chi connectivity index (χ0v) is 25.7. The Morgan fingerprint density at radius 2 is 0.830 bits per heavy atom. The number of imidazole rings is 1. The van der Waals surface area contributed by atoms with Crippen molar-refractivity contribution in [2.75, 3.05) is 0 Å². The fourth-order valence-electron chi connectivity index (χ4n) is 7.06. The number of hydrogen-bond acceptors (Lipinski definition) is 1. The van der Waals surface area contributed by atoms with Crippen LogP contribution >= 0.6 is 0 Å². The topological polar surface area (TPSA) is 17.8 Å². The van der Waals surface area contributed by atoms with Gasteiger partial charge in [0.2, 0.25) is 0 Å². The van der Waals surface area contributed by atoms with E-state index in [1.165, 1.54) is 54.9 Å². The molecule has 1 heterocycles. The van der Waals surface area contributed by atoms with Gasteiger partial charge in [0.25, 0.3) is 0 Å². The van der Waals surface area contributed by atoms with E-state index in [-0.39, 0.29) is 0 Å². The number of hydrogen-bond donors (Lipinski definition) is 0. The molecule has 0 fully saturated rings. The largest absolute Gasteiger partial charge is 0.292 e. The molecule has 0 aliphatic carbocycles. The minimum absolute atomic E-state index is 0.936. The van der Waals surface area contributed by atoms with Crippen LogP contribution in [-0.2, 0) is 0 Å². The van der Waals surface area contributed by atoms with Gasteiger partial charge in [-0.05, 0) is 85.3 Å². The van der Waals surface area contributed by atoms with E-state index >= 15 is 0 Å². The van der Waals surface area contributed by atoms with Crippen LogP contribution < -0.4 is 0 Å². The first-order valence-corrected chi connectivity index (χ1v) is 16.1. The van der Waals surface area contributed by atoms with Crippen LogP contribution in [0.25, 0.3) is 83.0 Å². The molecular formula is C45H30N2. The molecule has 9 aromatic rings. The molecule has 220 valence electrons. The van der Waals surface area contributed by atoms with E-state index in [0.29, 0.717) is 0 Å². The number of aromatic nitrogens is 2. The molecular weight excluding hydrogens is 569 g/mol. The Hall–Kier alpha value is -6.25. The smallest absolute Gasteiger partial charge is 0.145 e. The average molecular weight is 599 g/mol. The van der Waals surface area contributed by atoms with Gasteiger partial charge in [-0.3, -0.25) is 4.57 Å². The molecule has 2 heteroatoms. The van der Waals surface area contributed by atoms with Gasteiger partial charge in [0, 0.05) is 11.3 Å². The first-order valence-electron chi connectivity index (χ1n) is 16.1. The Morgan fingerprint density at radius 3 is 1.53 bits per heavy atom. The van der Waals surface area contributed by atoms with Crippen LogP contribution in [0, 0.1) is 0 Å². The van der Waals surface area contributed by atoms with E-state index < -0.39 is 0 Å². The number of benzene rings is 8. The molecule has 0 radical (unpaired) electrons. The van der Waals surface area contributed by atoms with Gasteiger partial charge in [-0.1, -0.05) is 152 Å². The summed E-state index contributed by atoms with van der Waals surface area (Å²) in [6.45, 7) is 0. The molecule has 0 saturated carbocycles. The fraction of sp³-hybridized carbons (Fsp3) is 0. The summed E-state index contributed by atoms with van der Waals surface area (Å²) in [7, 11) is 0. The third-order valence-electron chi connectivity index (χ3n) is 9.20. The highest BCUT2D eigenvalue weighted by atomic mass is 15.1. The molecule has 0 unspecified atom stereocenters. The predicted molar refractivity (Wildman–Crippen MR) is 198 cm³/mol. The third-order valence-corrected chi connectivity index (χ3v) is 9.20. The number of para-hydroxylation sites is 3. The molecule has 1 aromatic heterocycles. The van der Waals surface area contributed by atoms with Crippen molar-refractivity contribution in [3.05, 3.63) is 182 Å². The molecule has 9 rings (SSSR count). The van der Waals surface area contributed by atoms with Crippen LogP contribution in [0.1, 0.15) is 0 Å². The number of rotatable bonds is 5. The van der Waals surface area contributed by atoms with Gasteiger partial charge in [0.1, 0.15) is 5.82 Å². The maximum absolute atomic E-state index is 5.11. The molecule has 0 saturated heterocycles. The molecule has 0 N–H and O–H groups in total. The van der Waals surface area contributed by atoms with Crippen molar-refractivity contribution in [2.45, 2.75) is 0 Å². The summed E-state index contributed by atoms with van der Waals surface area (Å²) in [5, 5.41) is 4.99. The van der Waals surface area contributed by atoms with E-state index in [1.54, 1.807) is 0 Å². The minimum Gasteiger partial charge on any atom is -0.292 e. The second-order valence-corrected chi connectivity index (χ2v) is 12.0. The van der Waals surface area contributed by atoms with Crippen molar-refractivity contribution < 1.29 is 0 Å². The summed E-state index contributed by atoms with van der Waals surface area (Å²) in [6.07, 6.45) is 0. The summed E-state index contributed by atoms with van der Waals surface area (Å²) in [5.41, 5.74) is 11.6. The molecule has 0 aliphatic rings. The first-order chi connectivity index (χ1) is 23.3. The Morgan fingerprint density at radius 1 is 0.340 bits per heavy atom. The summed E-state index contributed by atoms with van der Waals surface area (Å²) in [4.78, 5) is 5.11. The maximum Gasteiger partial charge on any atom is 0.145 e. The van der Waals surface area contributed by atoms with Gasteiger partial charge < -0.3 is 0 Å². The van der Waals surface area contributed by atoms with Crippen molar-refractivity contribution in [3.63, 3.8) is 0 Å². The molecule has 0 spiro atoms. The van der Waals surface area contributed by atoms with Crippen LogP contribution in [-0.4, -0.2) is 9.55 Å². The Labute approximate surface area is 273 Å². The summed E-state index contributed by atoms with van der Waals surface area (Å²) in [6, 6.07) is 65.1. The van der Waals surface area contributed by atoms with Crippen molar-refractivity contribution in [2.24, 2.45) is 0 Å². The molecule has 0 atom stereocenters. The van der Waals surface area contributed by atoms with Crippen LogP contribution in [0.3, 0.4) is 0 Å². The monoisotopic (exact) mass is 598 g/mol. The minimum atomic E-state index is 0.936. The molecule has 47 heavy (non-hydrogen) atoms. The number of nitrogens with zero attached hydrogens (tertiary/aromatic N) is 2. The second kappa shape index (κ2) is 11.3. The normalized spacial score (nSPS) is 11.4. The van der Waals surface area contributed by atoms with E-state index in [2.05, 4.69) is 187 Å². The lowest BCUT2D eigenvalue weighted by molar-refractivity contribution is 1.10. The Kier molecular flexibility index (Phi) is 6.50. The lowest BCUT2D eigenvalue weighted by Gasteiger charge is -2.19. The molecule has 8 aromatic carbocycles.